The van der Waals surface area contributed by atoms with Gasteiger partial charge >= 0.3 is 5.97 Å². The van der Waals surface area contributed by atoms with Crippen LogP contribution in [0.15, 0.2) is 23.1 Å². The maximum atomic E-state index is 13.7. The number of esters is 1. The highest BCUT2D eigenvalue weighted by Crippen LogP contribution is 2.41. The van der Waals surface area contributed by atoms with Crippen LogP contribution in [0.3, 0.4) is 0 Å². The van der Waals surface area contributed by atoms with Crippen LogP contribution >= 0.6 is 11.3 Å². The number of ether oxygens (including phenoxy) is 1. The normalized spacial score (nSPS) is 18.1. The van der Waals surface area contributed by atoms with Crippen LogP contribution in [0.2, 0.25) is 0 Å². The number of thiophene rings is 1. The lowest BCUT2D eigenvalue weighted by atomic mass is 9.97. The molecule has 1 fully saturated rings. The third-order valence-electron chi connectivity index (χ3n) is 5.56. The van der Waals surface area contributed by atoms with Gasteiger partial charge in [-0.3, -0.25) is 9.59 Å². The van der Waals surface area contributed by atoms with Gasteiger partial charge in [-0.05, 0) is 43.3 Å². The SMILES string of the molecule is CCOC(=O)c1[nH]c(C)c(C([O-])=C2C(=O)C(=O)N(CCC[NH+](C)C)C2c2cccs2)c1C. The molecule has 2 N–H and O–H groups in total. The maximum absolute atomic E-state index is 13.7. The molecule has 172 valence electrons. The fourth-order valence-corrected chi connectivity index (χ4v) is 4.92. The number of H-pyrrole nitrogens is 1. The molecule has 0 bridgehead atoms. The highest BCUT2D eigenvalue weighted by molar-refractivity contribution is 7.10. The maximum Gasteiger partial charge on any atom is 0.355 e. The first-order chi connectivity index (χ1) is 15.2. The molecule has 1 aliphatic heterocycles. The molecule has 1 unspecified atom stereocenters. The predicted molar refractivity (Wildman–Crippen MR) is 119 cm³/mol. The van der Waals surface area contributed by atoms with Crippen molar-refractivity contribution in [3.63, 3.8) is 0 Å². The third-order valence-corrected chi connectivity index (χ3v) is 6.49. The summed E-state index contributed by atoms with van der Waals surface area (Å²) in [6.45, 7) is 6.43. The number of hydrogen-bond donors (Lipinski definition) is 2. The molecular weight excluding hydrogens is 430 g/mol. The van der Waals surface area contributed by atoms with Crippen LogP contribution in [0, 0.1) is 13.8 Å². The Morgan fingerprint density at radius 1 is 1.31 bits per heavy atom. The highest BCUT2D eigenvalue weighted by atomic mass is 32.1. The largest absolute Gasteiger partial charge is 0.872 e. The number of hydrogen-bond acceptors (Lipinski definition) is 6. The monoisotopic (exact) mass is 459 g/mol. The summed E-state index contributed by atoms with van der Waals surface area (Å²) in [5.74, 6) is -2.52. The van der Waals surface area contributed by atoms with E-state index in [0.29, 0.717) is 24.2 Å². The molecule has 2 aromatic heterocycles. The molecule has 1 aliphatic rings. The molecule has 0 radical (unpaired) electrons. The van der Waals surface area contributed by atoms with Crippen molar-refractivity contribution >= 4 is 34.8 Å². The van der Waals surface area contributed by atoms with Gasteiger partial charge in [-0.2, -0.15) is 0 Å². The van der Waals surface area contributed by atoms with Crippen molar-refractivity contribution in [2.24, 2.45) is 0 Å². The van der Waals surface area contributed by atoms with Gasteiger partial charge in [0.15, 0.2) is 0 Å². The molecule has 1 saturated heterocycles. The minimum absolute atomic E-state index is 0.0599. The van der Waals surface area contributed by atoms with Crippen molar-refractivity contribution in [3.05, 3.63) is 50.5 Å². The Labute approximate surface area is 191 Å². The van der Waals surface area contributed by atoms with E-state index in [9.17, 15) is 19.5 Å². The van der Waals surface area contributed by atoms with E-state index in [1.165, 1.54) is 21.1 Å². The first kappa shape index (κ1) is 23.7. The number of carbonyl (C=O) groups is 3. The Hall–Kier alpha value is -2.91. The van der Waals surface area contributed by atoms with Crippen LogP contribution in [0.5, 0.6) is 0 Å². The summed E-state index contributed by atoms with van der Waals surface area (Å²) in [5, 5.41) is 15.5. The predicted octanol–water partition coefficient (Wildman–Crippen LogP) is 0.628. The minimum Gasteiger partial charge on any atom is -0.872 e. The number of nitrogens with one attached hydrogen (secondary N) is 2. The number of amides is 1. The minimum atomic E-state index is -0.775. The van der Waals surface area contributed by atoms with E-state index in [-0.39, 0.29) is 23.4 Å². The van der Waals surface area contributed by atoms with Crippen molar-refractivity contribution in [2.45, 2.75) is 33.2 Å². The fraction of sp³-hybridized carbons (Fsp3) is 0.435. The van der Waals surface area contributed by atoms with E-state index in [1.54, 1.807) is 20.8 Å². The van der Waals surface area contributed by atoms with Crippen LogP contribution in [-0.4, -0.2) is 61.3 Å². The molecule has 0 aliphatic carbocycles. The number of quaternary nitrogens is 1. The van der Waals surface area contributed by atoms with Gasteiger partial charge in [0.25, 0.3) is 5.91 Å². The lowest BCUT2D eigenvalue weighted by molar-refractivity contribution is -0.858. The molecule has 0 saturated carbocycles. The van der Waals surface area contributed by atoms with E-state index in [4.69, 9.17) is 4.74 Å². The zero-order valence-corrected chi connectivity index (χ0v) is 19.9. The van der Waals surface area contributed by atoms with Gasteiger partial charge in [0, 0.05) is 29.1 Å². The fourth-order valence-electron chi connectivity index (χ4n) is 4.08. The summed E-state index contributed by atoms with van der Waals surface area (Å²) in [4.78, 5) is 44.7. The van der Waals surface area contributed by atoms with Gasteiger partial charge in [0.1, 0.15) is 5.69 Å². The average molecular weight is 460 g/mol. The molecule has 3 rings (SSSR count). The van der Waals surface area contributed by atoms with E-state index >= 15 is 0 Å². The van der Waals surface area contributed by atoms with Gasteiger partial charge in [-0.1, -0.05) is 11.8 Å². The Balaban J connectivity index is 2.10. The topological polar surface area (TPSA) is 107 Å². The van der Waals surface area contributed by atoms with Crippen molar-refractivity contribution < 1.29 is 29.1 Å². The number of aryl methyl sites for hydroxylation is 1. The van der Waals surface area contributed by atoms with Crippen LogP contribution < -0.4 is 10.0 Å². The second-order valence-corrected chi connectivity index (χ2v) is 9.12. The smallest absolute Gasteiger partial charge is 0.355 e. The van der Waals surface area contributed by atoms with Gasteiger partial charge in [-0.15, -0.1) is 11.3 Å². The molecular formula is C23H29N3O5S. The Morgan fingerprint density at radius 2 is 2.03 bits per heavy atom. The summed E-state index contributed by atoms with van der Waals surface area (Å²) in [6.07, 6.45) is 0.708. The van der Waals surface area contributed by atoms with Crippen molar-refractivity contribution in [3.8, 4) is 0 Å². The molecule has 32 heavy (non-hydrogen) atoms. The number of aromatic amines is 1. The van der Waals surface area contributed by atoms with E-state index in [2.05, 4.69) is 4.98 Å². The standard InChI is InChI=1S/C23H29N3O5S/c1-6-31-23(30)18-13(2)16(14(3)24-18)20(27)17-19(15-9-7-12-32-15)26(22(29)21(17)28)11-8-10-25(4)5/h7,9,12,19,24,27H,6,8,10-11H2,1-5H3. The Bertz CT molecular complexity index is 1050. The third kappa shape index (κ3) is 4.35. The molecule has 9 heteroatoms. The summed E-state index contributed by atoms with van der Waals surface area (Å²) in [7, 11) is 4.04. The number of likely N-dealkylation sites (tertiary alicyclic amines) is 1. The van der Waals surface area contributed by atoms with Crippen molar-refractivity contribution in [1.29, 1.82) is 0 Å². The van der Waals surface area contributed by atoms with Crippen molar-refractivity contribution in [1.82, 2.24) is 9.88 Å². The summed E-state index contributed by atoms with van der Waals surface area (Å²) >= 11 is 1.40. The number of carbonyl (C=O) groups excluding carboxylic acids is 3. The lowest BCUT2D eigenvalue weighted by Crippen LogP contribution is -3.05. The van der Waals surface area contributed by atoms with E-state index < -0.39 is 29.5 Å². The molecule has 1 amide bonds. The molecule has 0 aromatic carbocycles. The second-order valence-electron chi connectivity index (χ2n) is 8.14. The summed E-state index contributed by atoms with van der Waals surface area (Å²) in [5.41, 5.74) is 1.24. The van der Waals surface area contributed by atoms with Crippen LogP contribution in [0.4, 0.5) is 0 Å². The van der Waals surface area contributed by atoms with E-state index in [0.717, 1.165) is 11.4 Å². The van der Waals surface area contributed by atoms with Crippen LogP contribution in [0.1, 0.15) is 51.6 Å². The van der Waals surface area contributed by atoms with Gasteiger partial charge in [-0.25, -0.2) is 4.79 Å². The zero-order valence-electron chi connectivity index (χ0n) is 19.0. The summed E-state index contributed by atoms with van der Waals surface area (Å²) in [6, 6.07) is 2.95. The van der Waals surface area contributed by atoms with Gasteiger partial charge < -0.3 is 24.6 Å². The number of ketones is 1. The average Bonchev–Trinajstić information content (AvgIpc) is 3.41. The van der Waals surface area contributed by atoms with Crippen LogP contribution in [-0.2, 0) is 14.3 Å². The Kier molecular flexibility index (Phi) is 7.20. The van der Waals surface area contributed by atoms with Crippen LogP contribution in [0.25, 0.3) is 5.76 Å². The Morgan fingerprint density at radius 3 is 2.62 bits per heavy atom. The number of nitrogens with zero attached hydrogens (tertiary/aromatic N) is 1. The van der Waals surface area contributed by atoms with Gasteiger partial charge in [0.05, 0.1) is 33.3 Å². The molecule has 1 atom stereocenters. The van der Waals surface area contributed by atoms with Crippen molar-refractivity contribution in [2.75, 3.05) is 33.8 Å². The number of aromatic nitrogens is 1. The first-order valence-electron chi connectivity index (χ1n) is 10.6. The first-order valence-corrected chi connectivity index (χ1v) is 11.5. The molecule has 0 spiro atoms. The second kappa shape index (κ2) is 9.70. The molecule has 3 heterocycles. The summed E-state index contributed by atoms with van der Waals surface area (Å²) < 4.78 is 5.06. The van der Waals surface area contributed by atoms with E-state index in [1.807, 2.05) is 31.6 Å². The number of rotatable bonds is 8. The quantitative estimate of drug-likeness (QED) is 0.261. The van der Waals surface area contributed by atoms with Gasteiger partial charge in [0.2, 0.25) is 5.78 Å². The highest BCUT2D eigenvalue weighted by Gasteiger charge is 2.44. The molecule has 2 aromatic rings. The zero-order chi connectivity index (χ0) is 23.6. The molecule has 8 nitrogen and oxygen atoms in total. The number of Topliss-reactive ketones (excluding diaryl/α,β-unsaturated/α-hetero) is 1. The lowest BCUT2D eigenvalue weighted by Gasteiger charge is -2.26.